The van der Waals surface area contributed by atoms with Gasteiger partial charge in [0, 0.05) is 12.0 Å². The molecule has 6 nitrogen and oxygen atoms in total. The maximum atomic E-state index is 12.5. The average Bonchev–Trinajstić information content (AvgIpc) is 2.48. The fourth-order valence-electron chi connectivity index (χ4n) is 2.35. The fourth-order valence-corrected chi connectivity index (χ4v) is 2.35. The van der Waals surface area contributed by atoms with E-state index in [1.165, 1.54) is 0 Å². The van der Waals surface area contributed by atoms with Gasteiger partial charge in [-0.15, -0.1) is 0 Å². The van der Waals surface area contributed by atoms with Crippen molar-refractivity contribution < 1.29 is 19.1 Å². The number of alkyl carbamates (subject to hydrolysis) is 1. The summed E-state index contributed by atoms with van der Waals surface area (Å²) in [4.78, 5) is 24.7. The molecule has 6 heteroatoms. The molecule has 0 aliphatic carbocycles. The van der Waals surface area contributed by atoms with Gasteiger partial charge < -0.3 is 20.5 Å². The number of hydrogen-bond donors (Lipinski definition) is 2. The fraction of sp³-hybridized carbons (Fsp3) is 0.619. The lowest BCUT2D eigenvalue weighted by molar-refractivity contribution is -0.150. The normalized spacial score (nSPS) is 15.6. The molecule has 0 aromatic carbocycles. The minimum absolute atomic E-state index is 0.217. The second-order valence-corrected chi connectivity index (χ2v) is 7.85. The van der Waals surface area contributed by atoms with Gasteiger partial charge in [-0.3, -0.25) is 0 Å². The van der Waals surface area contributed by atoms with Crippen LogP contribution < -0.4 is 11.1 Å². The van der Waals surface area contributed by atoms with Crippen molar-refractivity contribution in [1.29, 1.82) is 0 Å². The number of amides is 1. The van der Waals surface area contributed by atoms with Crippen LogP contribution in [0.5, 0.6) is 0 Å². The topological polar surface area (TPSA) is 90.6 Å². The summed E-state index contributed by atoms with van der Waals surface area (Å²) in [5.41, 5.74) is 6.22. The minimum Gasteiger partial charge on any atom is -0.461 e. The summed E-state index contributed by atoms with van der Waals surface area (Å²) in [6.45, 7) is 16.6. The van der Waals surface area contributed by atoms with E-state index in [1.54, 1.807) is 34.6 Å². The van der Waals surface area contributed by atoms with Gasteiger partial charge in [-0.25, -0.2) is 9.59 Å². The Hall–Kier alpha value is -2.08. The number of allylic oxidation sites excluding steroid dienone is 4. The van der Waals surface area contributed by atoms with Crippen LogP contribution in [0.15, 0.2) is 36.5 Å². The van der Waals surface area contributed by atoms with E-state index < -0.39 is 23.7 Å². The van der Waals surface area contributed by atoms with Gasteiger partial charge >= 0.3 is 12.1 Å². The highest BCUT2D eigenvalue weighted by Crippen LogP contribution is 2.22. The van der Waals surface area contributed by atoms with E-state index in [4.69, 9.17) is 15.2 Å². The van der Waals surface area contributed by atoms with Crippen molar-refractivity contribution in [1.82, 2.24) is 5.32 Å². The smallest absolute Gasteiger partial charge is 0.408 e. The van der Waals surface area contributed by atoms with Crippen LogP contribution in [0.4, 0.5) is 4.79 Å². The van der Waals surface area contributed by atoms with Gasteiger partial charge in [-0.2, -0.15) is 0 Å². The lowest BCUT2D eigenvalue weighted by Gasteiger charge is -2.28. The molecule has 3 N–H and O–H groups in total. The number of hydrogen-bond acceptors (Lipinski definition) is 5. The first-order valence-electron chi connectivity index (χ1n) is 9.31. The Labute approximate surface area is 163 Å². The zero-order valence-electron chi connectivity index (χ0n) is 17.7. The Morgan fingerprint density at radius 1 is 1.19 bits per heavy atom. The van der Waals surface area contributed by atoms with Crippen molar-refractivity contribution in [2.75, 3.05) is 0 Å². The summed E-state index contributed by atoms with van der Waals surface area (Å²) in [5, 5.41) is 2.62. The molecule has 0 heterocycles. The molecule has 27 heavy (non-hydrogen) atoms. The van der Waals surface area contributed by atoms with E-state index in [0.29, 0.717) is 0 Å². The van der Waals surface area contributed by atoms with Crippen molar-refractivity contribution in [3.8, 4) is 0 Å². The zero-order chi connectivity index (χ0) is 21.2. The third kappa shape index (κ3) is 11.3. The standard InChI is InChI=1S/C21H36N2O4/c1-9-10-11-12-15(4)17(16(5)22)13-18(19(24)26-14(2)3)23-20(25)27-21(6,7)8/h9-12,14,16-18H,4,13,22H2,1-3,5-8H3,(H,23,25)/b10-9-,12-11-/t16-,17-,18-/m1/s1. The number of ether oxygens (including phenoxy) is 2. The monoisotopic (exact) mass is 380 g/mol. The number of nitrogens with one attached hydrogen (secondary N) is 1. The molecule has 154 valence electrons. The van der Waals surface area contributed by atoms with Gasteiger partial charge in [0.15, 0.2) is 0 Å². The summed E-state index contributed by atoms with van der Waals surface area (Å²) < 4.78 is 10.6. The molecule has 0 spiro atoms. The summed E-state index contributed by atoms with van der Waals surface area (Å²) in [6, 6.07) is -1.15. The van der Waals surface area contributed by atoms with Gasteiger partial charge in [0.1, 0.15) is 11.6 Å². The molecule has 0 aromatic heterocycles. The Morgan fingerprint density at radius 2 is 1.78 bits per heavy atom. The predicted molar refractivity (Wildman–Crippen MR) is 109 cm³/mol. The zero-order valence-corrected chi connectivity index (χ0v) is 17.7. The van der Waals surface area contributed by atoms with Crippen LogP contribution in [0.2, 0.25) is 0 Å². The summed E-state index contributed by atoms with van der Waals surface area (Å²) in [7, 11) is 0. The summed E-state index contributed by atoms with van der Waals surface area (Å²) in [6.07, 6.45) is 6.79. The quantitative estimate of drug-likeness (QED) is 0.468. The molecule has 0 fully saturated rings. The molecular formula is C21H36N2O4. The first-order chi connectivity index (χ1) is 12.4. The lowest BCUT2D eigenvalue weighted by Crippen LogP contribution is -2.47. The van der Waals surface area contributed by atoms with Crippen LogP contribution in [0.25, 0.3) is 0 Å². The van der Waals surface area contributed by atoms with Gasteiger partial charge in [0.25, 0.3) is 0 Å². The minimum atomic E-state index is -0.884. The first kappa shape index (κ1) is 24.9. The Balaban J connectivity index is 5.40. The predicted octanol–water partition coefficient (Wildman–Crippen LogP) is 3.87. The van der Waals surface area contributed by atoms with Crippen LogP contribution >= 0.6 is 0 Å². The van der Waals surface area contributed by atoms with Crippen molar-refractivity contribution in [3.05, 3.63) is 36.5 Å². The Kier molecular flexibility index (Phi) is 10.7. The van der Waals surface area contributed by atoms with Crippen LogP contribution in [0.3, 0.4) is 0 Å². The number of carbonyl (C=O) groups excluding carboxylic acids is 2. The number of carbonyl (C=O) groups is 2. The highest BCUT2D eigenvalue weighted by molar-refractivity contribution is 5.81. The SMILES string of the molecule is C=C(/C=C\C=C/C)[C@@H](C[C@@H](NC(=O)OC(C)(C)C)C(=O)OC(C)C)[C@@H](C)N. The van der Waals surface area contributed by atoms with E-state index in [-0.39, 0.29) is 24.5 Å². The number of rotatable bonds is 9. The molecule has 0 saturated carbocycles. The van der Waals surface area contributed by atoms with Gasteiger partial charge in [-0.05, 0) is 54.9 Å². The summed E-state index contributed by atoms with van der Waals surface area (Å²) >= 11 is 0. The largest absolute Gasteiger partial charge is 0.461 e. The maximum Gasteiger partial charge on any atom is 0.408 e. The van der Waals surface area contributed by atoms with Crippen LogP contribution in [0.1, 0.15) is 54.9 Å². The van der Waals surface area contributed by atoms with E-state index in [2.05, 4.69) is 11.9 Å². The molecule has 0 rings (SSSR count). The van der Waals surface area contributed by atoms with Crippen molar-refractivity contribution >= 4 is 12.1 Å². The molecule has 0 saturated heterocycles. The first-order valence-corrected chi connectivity index (χ1v) is 9.31. The van der Waals surface area contributed by atoms with Crippen LogP contribution in [0, 0.1) is 5.92 Å². The van der Waals surface area contributed by atoms with E-state index >= 15 is 0 Å². The number of nitrogens with two attached hydrogens (primary N) is 1. The number of esters is 1. The van der Waals surface area contributed by atoms with E-state index in [1.807, 2.05) is 38.2 Å². The van der Waals surface area contributed by atoms with Crippen LogP contribution in [-0.4, -0.2) is 35.9 Å². The third-order valence-corrected chi connectivity index (χ3v) is 3.54. The average molecular weight is 381 g/mol. The van der Waals surface area contributed by atoms with Gasteiger partial charge in [-0.1, -0.05) is 36.5 Å². The molecule has 0 aliphatic rings. The molecule has 0 bridgehead atoms. The third-order valence-electron chi connectivity index (χ3n) is 3.54. The van der Waals surface area contributed by atoms with E-state index in [0.717, 1.165) is 5.57 Å². The Bertz CT molecular complexity index is 557. The second kappa shape index (κ2) is 11.6. The van der Waals surface area contributed by atoms with Gasteiger partial charge in [0.05, 0.1) is 6.10 Å². The highest BCUT2D eigenvalue weighted by Gasteiger charge is 2.30. The lowest BCUT2D eigenvalue weighted by atomic mass is 9.87. The molecule has 0 aliphatic heterocycles. The molecule has 1 amide bonds. The molecule has 0 aromatic rings. The maximum absolute atomic E-state index is 12.5. The molecule has 3 atom stereocenters. The molecule has 0 radical (unpaired) electrons. The highest BCUT2D eigenvalue weighted by atomic mass is 16.6. The van der Waals surface area contributed by atoms with Crippen molar-refractivity contribution in [2.24, 2.45) is 11.7 Å². The molecule has 0 unspecified atom stereocenters. The van der Waals surface area contributed by atoms with Crippen molar-refractivity contribution in [2.45, 2.75) is 78.7 Å². The van der Waals surface area contributed by atoms with Crippen molar-refractivity contribution in [3.63, 3.8) is 0 Å². The summed E-state index contributed by atoms with van der Waals surface area (Å²) in [5.74, 6) is -0.738. The van der Waals surface area contributed by atoms with Gasteiger partial charge in [0.2, 0.25) is 0 Å². The van der Waals surface area contributed by atoms with Crippen LogP contribution in [-0.2, 0) is 14.3 Å². The second-order valence-electron chi connectivity index (χ2n) is 7.85. The molecular weight excluding hydrogens is 344 g/mol. The van der Waals surface area contributed by atoms with E-state index in [9.17, 15) is 9.59 Å². The Morgan fingerprint density at radius 3 is 2.22 bits per heavy atom.